The number of thiocarbonyl (C=S) groups is 1. The quantitative estimate of drug-likeness (QED) is 0.536. The number of thioether (sulfide) groups is 1. The average Bonchev–Trinajstić information content (AvgIpc) is 2.87. The molecule has 0 radical (unpaired) electrons. The van der Waals surface area contributed by atoms with Gasteiger partial charge in [-0.1, -0.05) is 37.8 Å². The molecule has 1 aliphatic heterocycles. The number of nitrogens with zero attached hydrogens (tertiary/aromatic N) is 1. The van der Waals surface area contributed by atoms with Crippen LogP contribution in [0.1, 0.15) is 25.8 Å². The van der Waals surface area contributed by atoms with Crippen LogP contribution in [0.15, 0.2) is 17.0 Å². The van der Waals surface area contributed by atoms with Crippen molar-refractivity contribution >= 4 is 46.3 Å². The lowest BCUT2D eigenvalue weighted by atomic mass is 10.0. The minimum absolute atomic E-state index is 0.0483. The number of ether oxygens (including phenoxy) is 2. The number of methoxy groups -OCH3 is 2. The molecule has 0 unspecified atom stereocenters. The summed E-state index contributed by atoms with van der Waals surface area (Å²) < 4.78 is 10.4. The van der Waals surface area contributed by atoms with Crippen LogP contribution < -0.4 is 14.6 Å². The van der Waals surface area contributed by atoms with E-state index in [9.17, 15) is 19.8 Å². The highest BCUT2D eigenvalue weighted by Gasteiger charge is 2.38. The van der Waals surface area contributed by atoms with Crippen LogP contribution in [0.25, 0.3) is 6.08 Å². The predicted molar refractivity (Wildman–Crippen MR) is 104 cm³/mol. The van der Waals surface area contributed by atoms with E-state index in [0.29, 0.717) is 5.56 Å². The molecule has 1 amide bonds. The van der Waals surface area contributed by atoms with Crippen LogP contribution in [0, 0.1) is 5.92 Å². The molecule has 0 spiro atoms. The summed E-state index contributed by atoms with van der Waals surface area (Å²) in [5.74, 6) is -1.57. The summed E-state index contributed by atoms with van der Waals surface area (Å²) in [6.45, 7) is 3.72. The number of benzene rings is 1. The van der Waals surface area contributed by atoms with E-state index in [2.05, 4.69) is 0 Å². The Hall–Kier alpha value is -2.26. The highest BCUT2D eigenvalue weighted by atomic mass is 32.2. The van der Waals surface area contributed by atoms with E-state index >= 15 is 0 Å². The Morgan fingerprint density at radius 3 is 2.33 bits per heavy atom. The number of amides is 1. The first-order valence-corrected chi connectivity index (χ1v) is 9.35. The molecule has 0 aromatic heterocycles. The number of carbonyl (C=O) groups is 2. The molecule has 1 heterocycles. The molecule has 27 heavy (non-hydrogen) atoms. The molecule has 9 heteroatoms. The zero-order valence-corrected chi connectivity index (χ0v) is 17.0. The molecule has 1 aliphatic rings. The van der Waals surface area contributed by atoms with Crippen molar-refractivity contribution in [3.63, 3.8) is 0 Å². The van der Waals surface area contributed by atoms with Gasteiger partial charge in [0, 0.05) is 0 Å². The predicted octanol–water partition coefficient (Wildman–Crippen LogP) is 1.78. The molecule has 0 aliphatic carbocycles. The second-order valence-electron chi connectivity index (χ2n) is 6.29. The highest BCUT2D eigenvalue weighted by Crippen LogP contribution is 2.40. The summed E-state index contributed by atoms with van der Waals surface area (Å²) in [4.78, 5) is 25.7. The molecule has 1 saturated heterocycles. The van der Waals surface area contributed by atoms with Crippen molar-refractivity contribution in [2.24, 2.45) is 5.92 Å². The Morgan fingerprint density at radius 1 is 1.33 bits per heavy atom. The molecular formula is C18H20NO6S2-. The highest BCUT2D eigenvalue weighted by molar-refractivity contribution is 8.26. The third-order valence-corrected chi connectivity index (χ3v) is 5.23. The first-order valence-electron chi connectivity index (χ1n) is 8.12. The van der Waals surface area contributed by atoms with Crippen LogP contribution in [0.5, 0.6) is 17.2 Å². The number of phenols is 1. The van der Waals surface area contributed by atoms with E-state index in [-0.39, 0.29) is 38.8 Å². The number of carboxylic acids is 1. The van der Waals surface area contributed by atoms with Gasteiger partial charge in [0.05, 0.1) is 31.1 Å². The Labute approximate surface area is 166 Å². The van der Waals surface area contributed by atoms with Gasteiger partial charge in [0.2, 0.25) is 5.75 Å². The number of hydrogen-bond acceptors (Lipinski definition) is 8. The zero-order chi connectivity index (χ0) is 20.3. The van der Waals surface area contributed by atoms with Gasteiger partial charge in [-0.25, -0.2) is 0 Å². The topological polar surface area (TPSA) is 99.1 Å². The van der Waals surface area contributed by atoms with Crippen LogP contribution >= 0.6 is 24.0 Å². The van der Waals surface area contributed by atoms with Gasteiger partial charge in [-0.3, -0.25) is 9.69 Å². The van der Waals surface area contributed by atoms with E-state index in [1.54, 1.807) is 6.08 Å². The fraction of sp³-hybridized carbons (Fsp3) is 0.389. The van der Waals surface area contributed by atoms with Crippen molar-refractivity contribution in [3.05, 3.63) is 22.6 Å². The molecule has 7 nitrogen and oxygen atoms in total. The summed E-state index contributed by atoms with van der Waals surface area (Å²) in [5, 5.41) is 21.5. The first-order chi connectivity index (χ1) is 12.7. The maximum absolute atomic E-state index is 12.8. The molecule has 0 bridgehead atoms. The Bertz CT molecular complexity index is 780. The molecule has 146 valence electrons. The monoisotopic (exact) mass is 410 g/mol. The molecule has 0 saturated carbocycles. The number of phenolic OH excluding ortho intramolecular Hbond substituents is 1. The van der Waals surface area contributed by atoms with Crippen molar-refractivity contribution in [1.29, 1.82) is 0 Å². The zero-order valence-electron chi connectivity index (χ0n) is 15.3. The van der Waals surface area contributed by atoms with Gasteiger partial charge in [-0.15, -0.1) is 0 Å². The molecule has 1 atom stereocenters. The number of aromatic hydroxyl groups is 1. The Morgan fingerprint density at radius 2 is 1.89 bits per heavy atom. The van der Waals surface area contributed by atoms with Gasteiger partial charge >= 0.3 is 0 Å². The summed E-state index contributed by atoms with van der Waals surface area (Å²) >= 11 is 6.24. The Balaban J connectivity index is 2.40. The van der Waals surface area contributed by atoms with Gasteiger partial charge < -0.3 is 24.5 Å². The second-order valence-corrected chi connectivity index (χ2v) is 7.97. The lowest BCUT2D eigenvalue weighted by Gasteiger charge is -2.28. The minimum atomic E-state index is -1.34. The lowest BCUT2D eigenvalue weighted by Crippen LogP contribution is -2.50. The van der Waals surface area contributed by atoms with Gasteiger partial charge in [0.15, 0.2) is 11.5 Å². The maximum Gasteiger partial charge on any atom is 0.266 e. The van der Waals surface area contributed by atoms with Crippen molar-refractivity contribution in [1.82, 2.24) is 4.90 Å². The average molecular weight is 410 g/mol. The second kappa shape index (κ2) is 8.62. The van der Waals surface area contributed by atoms with Gasteiger partial charge in [0.1, 0.15) is 4.32 Å². The third-order valence-electron chi connectivity index (χ3n) is 3.90. The summed E-state index contributed by atoms with van der Waals surface area (Å²) in [6, 6.07) is 1.95. The van der Waals surface area contributed by atoms with Crippen LogP contribution in [0.3, 0.4) is 0 Å². The summed E-state index contributed by atoms with van der Waals surface area (Å²) in [5.41, 5.74) is 0.538. The van der Waals surface area contributed by atoms with Crippen molar-refractivity contribution in [2.45, 2.75) is 26.3 Å². The number of aliphatic carboxylic acids is 1. The van der Waals surface area contributed by atoms with E-state index in [4.69, 9.17) is 21.7 Å². The molecule has 1 fully saturated rings. The van der Waals surface area contributed by atoms with E-state index in [1.807, 2.05) is 13.8 Å². The summed E-state index contributed by atoms with van der Waals surface area (Å²) in [6.07, 6.45) is 1.79. The largest absolute Gasteiger partial charge is 0.548 e. The van der Waals surface area contributed by atoms with Crippen LogP contribution in [-0.4, -0.2) is 46.5 Å². The van der Waals surface area contributed by atoms with Crippen molar-refractivity contribution < 1.29 is 29.3 Å². The van der Waals surface area contributed by atoms with E-state index < -0.39 is 17.9 Å². The third kappa shape index (κ3) is 4.54. The number of carboxylic acid groups (broad SMARTS) is 1. The molecule has 1 aromatic carbocycles. The van der Waals surface area contributed by atoms with E-state index in [0.717, 1.165) is 16.7 Å². The number of carbonyl (C=O) groups excluding carboxylic acids is 2. The standard InChI is InChI=1S/C18H21NO6S2/c1-9(2)5-11(17(22)23)19-16(21)14(27-18(19)26)8-10-6-12(24-3)15(20)13(7-10)25-4/h6-9,11,20H,5H2,1-4H3,(H,22,23)/p-1/b14-8-/t11-/m0/s1. The molecule has 1 N–H and O–H groups in total. The number of hydrogen-bond donors (Lipinski definition) is 1. The summed E-state index contributed by atoms with van der Waals surface area (Å²) in [7, 11) is 2.79. The molecular weight excluding hydrogens is 390 g/mol. The van der Waals surface area contributed by atoms with Crippen molar-refractivity contribution in [3.8, 4) is 17.2 Å². The van der Waals surface area contributed by atoms with Gasteiger partial charge in [-0.05, 0) is 36.1 Å². The molecule has 2 rings (SSSR count). The van der Waals surface area contributed by atoms with E-state index in [1.165, 1.54) is 26.4 Å². The number of rotatable bonds is 7. The van der Waals surface area contributed by atoms with Crippen LogP contribution in [0.2, 0.25) is 0 Å². The van der Waals surface area contributed by atoms with Crippen LogP contribution in [0.4, 0.5) is 0 Å². The minimum Gasteiger partial charge on any atom is -0.548 e. The molecule has 1 aromatic rings. The fourth-order valence-electron chi connectivity index (χ4n) is 2.65. The smallest absolute Gasteiger partial charge is 0.266 e. The van der Waals surface area contributed by atoms with Gasteiger partial charge in [-0.2, -0.15) is 0 Å². The first kappa shape index (κ1) is 21.0. The fourth-order valence-corrected chi connectivity index (χ4v) is 4.01. The normalized spacial score (nSPS) is 16.9. The van der Waals surface area contributed by atoms with Crippen LogP contribution in [-0.2, 0) is 9.59 Å². The van der Waals surface area contributed by atoms with Crippen molar-refractivity contribution in [2.75, 3.05) is 14.2 Å². The Kier molecular flexibility index (Phi) is 6.72. The SMILES string of the molecule is COc1cc(/C=C2\SC(=S)N([C@@H](CC(C)C)C(=O)[O-])C2=O)cc(OC)c1O. The van der Waals surface area contributed by atoms with Gasteiger partial charge in [0.25, 0.3) is 5.91 Å². The lowest BCUT2D eigenvalue weighted by molar-refractivity contribution is -0.310. The maximum atomic E-state index is 12.8.